The molecule has 2 aliphatic rings. The minimum atomic E-state index is 0.660. The molecule has 92 valence electrons. The average Bonchev–Trinajstić information content (AvgIpc) is 2.40. The van der Waals surface area contributed by atoms with Crippen molar-refractivity contribution in [1.29, 1.82) is 0 Å². The van der Waals surface area contributed by atoms with Gasteiger partial charge < -0.3 is 5.32 Å². The lowest BCUT2D eigenvalue weighted by Gasteiger charge is -2.52. The molecule has 2 aliphatic carbocycles. The highest BCUT2D eigenvalue weighted by Gasteiger charge is 2.46. The second-order valence-electron chi connectivity index (χ2n) is 5.72. The molecule has 2 nitrogen and oxygen atoms in total. The lowest BCUT2D eigenvalue weighted by Crippen LogP contribution is -2.54. The van der Waals surface area contributed by atoms with Crippen LogP contribution < -0.4 is 5.32 Å². The first kappa shape index (κ1) is 11.2. The van der Waals surface area contributed by atoms with Crippen LogP contribution in [-0.2, 0) is 6.54 Å². The predicted molar refractivity (Wildman–Crippen MR) is 69.6 cm³/mol. The molecule has 1 aromatic rings. The van der Waals surface area contributed by atoms with Crippen LogP contribution >= 0.6 is 0 Å². The summed E-state index contributed by atoms with van der Waals surface area (Å²) in [7, 11) is 0. The topological polar surface area (TPSA) is 24.9 Å². The zero-order valence-electron chi connectivity index (χ0n) is 10.5. The number of nitrogens with one attached hydrogen (secondary N) is 1. The molecule has 1 atom stereocenters. The van der Waals surface area contributed by atoms with Crippen LogP contribution in [0.25, 0.3) is 0 Å². The van der Waals surface area contributed by atoms with E-state index in [0.717, 1.165) is 12.6 Å². The zero-order chi connectivity index (χ0) is 11.6. The Morgan fingerprint density at radius 1 is 1.18 bits per heavy atom. The van der Waals surface area contributed by atoms with E-state index in [1.807, 2.05) is 12.3 Å². The maximum atomic E-state index is 4.38. The Morgan fingerprint density at radius 2 is 2.06 bits per heavy atom. The van der Waals surface area contributed by atoms with Crippen LogP contribution in [-0.4, -0.2) is 11.0 Å². The summed E-state index contributed by atoms with van der Waals surface area (Å²) >= 11 is 0. The molecular weight excluding hydrogens is 208 g/mol. The van der Waals surface area contributed by atoms with Crippen molar-refractivity contribution in [3.05, 3.63) is 30.1 Å². The van der Waals surface area contributed by atoms with Gasteiger partial charge in [0, 0.05) is 18.8 Å². The van der Waals surface area contributed by atoms with E-state index in [2.05, 4.69) is 22.4 Å². The lowest BCUT2D eigenvalue weighted by molar-refractivity contribution is 0.0220. The molecule has 1 aromatic heterocycles. The molecule has 0 bridgehead atoms. The van der Waals surface area contributed by atoms with Crippen LogP contribution in [0, 0.1) is 5.41 Å². The van der Waals surface area contributed by atoms with Crippen LogP contribution in [0.2, 0.25) is 0 Å². The van der Waals surface area contributed by atoms with Crippen molar-refractivity contribution < 1.29 is 0 Å². The zero-order valence-corrected chi connectivity index (χ0v) is 10.5. The predicted octanol–water partition coefficient (Wildman–Crippen LogP) is 3.28. The largest absolute Gasteiger partial charge is 0.308 e. The van der Waals surface area contributed by atoms with Crippen LogP contribution in [0.3, 0.4) is 0 Å². The van der Waals surface area contributed by atoms with Gasteiger partial charge in [0.15, 0.2) is 0 Å². The van der Waals surface area contributed by atoms with Gasteiger partial charge >= 0.3 is 0 Å². The number of aromatic nitrogens is 1. The summed E-state index contributed by atoms with van der Waals surface area (Å²) in [5.41, 5.74) is 1.83. The summed E-state index contributed by atoms with van der Waals surface area (Å²) in [5, 5.41) is 3.73. The number of pyridine rings is 1. The monoisotopic (exact) mass is 230 g/mol. The Kier molecular flexibility index (Phi) is 3.15. The molecule has 2 fully saturated rings. The minimum Gasteiger partial charge on any atom is -0.308 e. The first-order valence-corrected chi connectivity index (χ1v) is 7.02. The van der Waals surface area contributed by atoms with E-state index in [0.29, 0.717) is 5.41 Å². The van der Waals surface area contributed by atoms with Crippen molar-refractivity contribution in [3.8, 4) is 0 Å². The lowest BCUT2D eigenvalue weighted by atomic mass is 9.57. The quantitative estimate of drug-likeness (QED) is 0.862. The molecule has 0 saturated heterocycles. The summed E-state index contributed by atoms with van der Waals surface area (Å²) in [5.74, 6) is 0. The normalized spacial score (nSPS) is 26.7. The minimum absolute atomic E-state index is 0.660. The molecule has 3 rings (SSSR count). The van der Waals surface area contributed by atoms with Crippen molar-refractivity contribution in [1.82, 2.24) is 10.3 Å². The van der Waals surface area contributed by atoms with E-state index >= 15 is 0 Å². The summed E-state index contributed by atoms with van der Waals surface area (Å²) in [4.78, 5) is 4.38. The molecule has 1 spiro atoms. The molecule has 2 heteroatoms. The molecule has 1 unspecified atom stereocenters. The SMILES string of the molecule is c1ccc(CNC2CCC23CCCCC3)nc1. The molecular formula is C15H22N2. The van der Waals surface area contributed by atoms with Crippen molar-refractivity contribution >= 4 is 0 Å². The highest BCUT2D eigenvalue weighted by atomic mass is 15.0. The smallest absolute Gasteiger partial charge is 0.0541 e. The first-order chi connectivity index (χ1) is 8.39. The van der Waals surface area contributed by atoms with E-state index in [4.69, 9.17) is 0 Å². The van der Waals surface area contributed by atoms with Crippen molar-refractivity contribution in [2.75, 3.05) is 0 Å². The second kappa shape index (κ2) is 4.77. The van der Waals surface area contributed by atoms with Gasteiger partial charge in [0.1, 0.15) is 0 Å². The fraction of sp³-hybridized carbons (Fsp3) is 0.667. The molecule has 0 amide bonds. The molecule has 1 N–H and O–H groups in total. The van der Waals surface area contributed by atoms with Gasteiger partial charge in [-0.25, -0.2) is 0 Å². The van der Waals surface area contributed by atoms with E-state index < -0.39 is 0 Å². The van der Waals surface area contributed by atoms with Crippen molar-refractivity contribution in [3.63, 3.8) is 0 Å². The summed E-state index contributed by atoms with van der Waals surface area (Å²) in [6.45, 7) is 0.938. The summed E-state index contributed by atoms with van der Waals surface area (Å²) < 4.78 is 0. The third-order valence-electron chi connectivity index (χ3n) is 4.78. The van der Waals surface area contributed by atoms with Gasteiger partial charge in [0.2, 0.25) is 0 Å². The third kappa shape index (κ3) is 2.23. The van der Waals surface area contributed by atoms with E-state index in [-0.39, 0.29) is 0 Å². The fourth-order valence-electron chi connectivity index (χ4n) is 3.60. The van der Waals surface area contributed by atoms with Gasteiger partial charge in [0.05, 0.1) is 5.69 Å². The highest BCUT2D eigenvalue weighted by molar-refractivity contribution is 5.06. The molecule has 2 saturated carbocycles. The van der Waals surface area contributed by atoms with Gasteiger partial charge in [-0.3, -0.25) is 4.98 Å². The second-order valence-corrected chi connectivity index (χ2v) is 5.72. The first-order valence-electron chi connectivity index (χ1n) is 7.02. The Labute approximate surface area is 104 Å². The molecule has 17 heavy (non-hydrogen) atoms. The standard InChI is InChI=1S/C15H22N2/c1-3-8-15(9-4-1)10-7-14(15)17-12-13-6-2-5-11-16-13/h2,5-6,11,14,17H,1,3-4,7-10,12H2. The maximum absolute atomic E-state index is 4.38. The van der Waals surface area contributed by atoms with Gasteiger partial charge in [-0.15, -0.1) is 0 Å². The summed E-state index contributed by atoms with van der Waals surface area (Å²) in [6, 6.07) is 6.92. The molecule has 1 heterocycles. The molecule has 0 aromatic carbocycles. The average molecular weight is 230 g/mol. The number of hydrogen-bond acceptors (Lipinski definition) is 2. The van der Waals surface area contributed by atoms with Crippen LogP contribution in [0.1, 0.15) is 50.6 Å². The van der Waals surface area contributed by atoms with Gasteiger partial charge in [0.25, 0.3) is 0 Å². The van der Waals surface area contributed by atoms with Crippen LogP contribution in [0.15, 0.2) is 24.4 Å². The Balaban J connectivity index is 1.56. The fourth-order valence-corrected chi connectivity index (χ4v) is 3.60. The Hall–Kier alpha value is -0.890. The van der Waals surface area contributed by atoms with Crippen LogP contribution in [0.4, 0.5) is 0 Å². The molecule has 0 radical (unpaired) electrons. The van der Waals surface area contributed by atoms with Gasteiger partial charge in [-0.1, -0.05) is 25.3 Å². The van der Waals surface area contributed by atoms with Gasteiger partial charge in [-0.2, -0.15) is 0 Å². The number of hydrogen-bond donors (Lipinski definition) is 1. The third-order valence-corrected chi connectivity index (χ3v) is 4.78. The number of nitrogens with zero attached hydrogens (tertiary/aromatic N) is 1. The van der Waals surface area contributed by atoms with Crippen molar-refractivity contribution in [2.45, 2.75) is 57.5 Å². The van der Waals surface area contributed by atoms with E-state index in [1.165, 1.54) is 50.6 Å². The highest BCUT2D eigenvalue weighted by Crippen LogP contribution is 2.51. The van der Waals surface area contributed by atoms with Crippen LogP contribution in [0.5, 0.6) is 0 Å². The van der Waals surface area contributed by atoms with E-state index in [9.17, 15) is 0 Å². The van der Waals surface area contributed by atoms with Gasteiger partial charge in [-0.05, 0) is 43.2 Å². The maximum Gasteiger partial charge on any atom is 0.0541 e. The van der Waals surface area contributed by atoms with Crippen molar-refractivity contribution in [2.24, 2.45) is 5.41 Å². The van der Waals surface area contributed by atoms with E-state index in [1.54, 1.807) is 0 Å². The molecule has 0 aliphatic heterocycles. The number of rotatable bonds is 3. The Bertz CT molecular complexity index is 354. The summed E-state index contributed by atoms with van der Waals surface area (Å²) in [6.07, 6.45) is 12.0. The Morgan fingerprint density at radius 3 is 2.71 bits per heavy atom.